The summed E-state index contributed by atoms with van der Waals surface area (Å²) in [6.07, 6.45) is 7.48. The van der Waals surface area contributed by atoms with Gasteiger partial charge in [-0.3, -0.25) is 0 Å². The van der Waals surface area contributed by atoms with Crippen molar-refractivity contribution in [3.63, 3.8) is 0 Å². The van der Waals surface area contributed by atoms with Gasteiger partial charge in [-0.2, -0.15) is 0 Å². The van der Waals surface area contributed by atoms with E-state index in [1.54, 1.807) is 0 Å². The highest BCUT2D eigenvalue weighted by molar-refractivity contribution is 9.10. The van der Waals surface area contributed by atoms with Crippen LogP contribution >= 0.6 is 39.1 Å². The van der Waals surface area contributed by atoms with Crippen molar-refractivity contribution in [2.24, 2.45) is 0 Å². The van der Waals surface area contributed by atoms with Gasteiger partial charge in [0.25, 0.3) is 0 Å². The molecule has 0 saturated heterocycles. The molecule has 1 aromatic carbocycles. The van der Waals surface area contributed by atoms with Crippen molar-refractivity contribution in [2.75, 3.05) is 6.54 Å². The van der Waals surface area contributed by atoms with Crippen molar-refractivity contribution in [3.05, 3.63) is 38.3 Å². The molecule has 1 aliphatic carbocycles. The van der Waals surface area contributed by atoms with Crippen molar-refractivity contribution in [2.45, 2.75) is 37.0 Å². The molecule has 0 spiro atoms. The summed E-state index contributed by atoms with van der Waals surface area (Å²) in [5.41, 5.74) is 1.32. The molecule has 0 aromatic heterocycles. The quantitative estimate of drug-likeness (QED) is 0.697. The van der Waals surface area contributed by atoms with Crippen LogP contribution in [-0.4, -0.2) is 15.0 Å². The van der Waals surface area contributed by atoms with Crippen LogP contribution < -0.4 is 4.72 Å². The molecule has 0 unspecified atom stereocenters. The first-order valence-electron chi connectivity index (χ1n) is 6.72. The highest BCUT2D eigenvalue weighted by Crippen LogP contribution is 2.32. The summed E-state index contributed by atoms with van der Waals surface area (Å²) in [4.78, 5) is -0.0633. The fourth-order valence-electron chi connectivity index (χ4n) is 2.34. The molecule has 0 saturated carbocycles. The van der Waals surface area contributed by atoms with Gasteiger partial charge in [0, 0.05) is 11.0 Å². The highest BCUT2D eigenvalue weighted by atomic mass is 79.9. The third-order valence-electron chi connectivity index (χ3n) is 3.36. The van der Waals surface area contributed by atoms with Gasteiger partial charge in [0.05, 0.1) is 10.0 Å². The van der Waals surface area contributed by atoms with Crippen LogP contribution in [0, 0.1) is 0 Å². The molecule has 0 aliphatic heterocycles. The van der Waals surface area contributed by atoms with Crippen LogP contribution in [0.15, 0.2) is 33.2 Å². The molecule has 0 fully saturated rings. The van der Waals surface area contributed by atoms with E-state index in [0.717, 1.165) is 19.3 Å². The van der Waals surface area contributed by atoms with Gasteiger partial charge in [-0.15, -0.1) is 0 Å². The molecule has 2 rings (SSSR count). The Balaban J connectivity index is 2.07. The third-order valence-corrected chi connectivity index (χ3v) is 6.19. The van der Waals surface area contributed by atoms with Crippen LogP contribution in [0.25, 0.3) is 0 Å². The molecule has 3 nitrogen and oxygen atoms in total. The molecule has 116 valence electrons. The number of sulfonamides is 1. The van der Waals surface area contributed by atoms with Crippen LogP contribution in [-0.2, 0) is 10.0 Å². The smallest absolute Gasteiger partial charge is 0.211 e. The predicted octanol–water partition coefficient (Wildman–Crippen LogP) is 4.92. The number of hydrogen-bond acceptors (Lipinski definition) is 2. The molecule has 0 heterocycles. The maximum absolute atomic E-state index is 12.3. The second-order valence-electron chi connectivity index (χ2n) is 4.95. The molecule has 0 atom stereocenters. The van der Waals surface area contributed by atoms with Gasteiger partial charge in [-0.05, 0) is 44.2 Å². The Bertz CT molecular complexity index is 636. The molecule has 1 aliphatic rings. The van der Waals surface area contributed by atoms with Crippen LogP contribution in [0.5, 0.6) is 0 Å². The zero-order valence-corrected chi connectivity index (χ0v) is 15.2. The summed E-state index contributed by atoms with van der Waals surface area (Å²) in [6.45, 7) is 0.358. The van der Waals surface area contributed by atoms with E-state index < -0.39 is 10.0 Å². The predicted molar refractivity (Wildman–Crippen MR) is 90.5 cm³/mol. The number of benzene rings is 1. The Morgan fingerprint density at radius 3 is 2.43 bits per heavy atom. The Morgan fingerprint density at radius 1 is 1.19 bits per heavy atom. The van der Waals surface area contributed by atoms with Crippen molar-refractivity contribution >= 4 is 49.2 Å². The lowest BCUT2D eigenvalue weighted by molar-refractivity contribution is 0.579. The van der Waals surface area contributed by atoms with Gasteiger partial charge >= 0.3 is 0 Å². The average Bonchev–Trinajstić information content (AvgIpc) is 2.38. The zero-order valence-electron chi connectivity index (χ0n) is 11.3. The van der Waals surface area contributed by atoms with Gasteiger partial charge < -0.3 is 0 Å². The van der Waals surface area contributed by atoms with Gasteiger partial charge in [0.2, 0.25) is 10.0 Å². The van der Waals surface area contributed by atoms with Crippen molar-refractivity contribution in [1.29, 1.82) is 0 Å². The second-order valence-corrected chi connectivity index (χ2v) is 8.39. The number of halogens is 3. The molecular weight excluding hydrogens is 397 g/mol. The number of hydrogen-bond donors (Lipinski definition) is 1. The molecule has 1 aromatic rings. The minimum atomic E-state index is -3.70. The fraction of sp³-hybridized carbons (Fsp3) is 0.429. The number of allylic oxidation sites excluding steroid dienone is 1. The number of nitrogens with one attached hydrogen (secondary N) is 1. The largest absolute Gasteiger partial charge is 0.243 e. The van der Waals surface area contributed by atoms with Crippen LogP contribution in [0.3, 0.4) is 0 Å². The van der Waals surface area contributed by atoms with Crippen molar-refractivity contribution in [3.8, 4) is 0 Å². The maximum atomic E-state index is 12.3. The summed E-state index contributed by atoms with van der Waals surface area (Å²) < 4.78 is 27.8. The molecular formula is C14H16BrCl2NO2S. The van der Waals surface area contributed by atoms with E-state index in [1.165, 1.54) is 30.5 Å². The molecule has 0 bridgehead atoms. The Kier molecular flexibility index (Phi) is 6.15. The van der Waals surface area contributed by atoms with E-state index in [4.69, 9.17) is 23.2 Å². The first-order valence-corrected chi connectivity index (χ1v) is 9.75. The molecule has 7 heteroatoms. The van der Waals surface area contributed by atoms with E-state index in [-0.39, 0.29) is 14.9 Å². The van der Waals surface area contributed by atoms with Crippen LogP contribution in [0.4, 0.5) is 0 Å². The van der Waals surface area contributed by atoms with Gasteiger partial charge in [0.1, 0.15) is 4.90 Å². The summed E-state index contributed by atoms with van der Waals surface area (Å²) in [5.74, 6) is 0. The molecule has 0 radical (unpaired) electrons. The number of rotatable bonds is 5. The lowest BCUT2D eigenvalue weighted by Gasteiger charge is -2.14. The van der Waals surface area contributed by atoms with Crippen molar-refractivity contribution in [1.82, 2.24) is 4.72 Å². The monoisotopic (exact) mass is 411 g/mol. The first-order chi connectivity index (χ1) is 9.90. The fourth-order valence-corrected chi connectivity index (χ4v) is 5.30. The highest BCUT2D eigenvalue weighted by Gasteiger charge is 2.22. The topological polar surface area (TPSA) is 46.2 Å². The molecule has 21 heavy (non-hydrogen) atoms. The SMILES string of the molecule is O=S(=O)(NCCC1=CCCCC1)c1c(Cl)cc(Br)cc1Cl. The minimum Gasteiger partial charge on any atom is -0.211 e. The standard InChI is InChI=1S/C14H16BrCl2NO2S/c15-11-8-12(16)14(13(17)9-11)21(19,20)18-7-6-10-4-2-1-3-5-10/h4,8-9,18H,1-3,5-7H2. The van der Waals surface area contributed by atoms with Gasteiger partial charge in [-0.1, -0.05) is 50.8 Å². The Morgan fingerprint density at radius 2 is 1.86 bits per heavy atom. The average molecular weight is 413 g/mol. The summed E-state index contributed by atoms with van der Waals surface area (Å²) in [6, 6.07) is 3.04. The van der Waals surface area contributed by atoms with Crippen molar-refractivity contribution < 1.29 is 8.42 Å². The second kappa shape index (κ2) is 7.47. The Labute approximate surface area is 143 Å². The normalized spacial score (nSPS) is 15.9. The molecule has 0 amide bonds. The van der Waals surface area contributed by atoms with E-state index >= 15 is 0 Å². The van der Waals surface area contributed by atoms with E-state index in [2.05, 4.69) is 26.7 Å². The lowest BCUT2D eigenvalue weighted by atomic mass is 9.97. The van der Waals surface area contributed by atoms with Crippen LogP contribution in [0.2, 0.25) is 10.0 Å². The van der Waals surface area contributed by atoms with Gasteiger partial charge in [0.15, 0.2) is 0 Å². The Hall–Kier alpha value is -0.0700. The summed E-state index contributed by atoms with van der Waals surface area (Å²) >= 11 is 15.2. The van der Waals surface area contributed by atoms with E-state index in [0.29, 0.717) is 11.0 Å². The zero-order chi connectivity index (χ0) is 15.5. The first kappa shape index (κ1) is 17.3. The summed E-state index contributed by atoms with van der Waals surface area (Å²) in [7, 11) is -3.70. The van der Waals surface area contributed by atoms with Crippen LogP contribution in [0.1, 0.15) is 32.1 Å². The van der Waals surface area contributed by atoms with Gasteiger partial charge in [-0.25, -0.2) is 13.1 Å². The summed E-state index contributed by atoms with van der Waals surface area (Å²) in [5, 5.41) is 0.220. The third kappa shape index (κ3) is 4.70. The lowest BCUT2D eigenvalue weighted by Crippen LogP contribution is -2.25. The van der Waals surface area contributed by atoms with E-state index in [1.807, 2.05) is 0 Å². The molecule has 1 N–H and O–H groups in total. The maximum Gasteiger partial charge on any atom is 0.243 e. The van der Waals surface area contributed by atoms with E-state index in [9.17, 15) is 8.42 Å². The minimum absolute atomic E-state index is 0.0633.